The van der Waals surface area contributed by atoms with Crippen LogP contribution in [-0.4, -0.2) is 5.78 Å². The first-order valence-corrected chi connectivity index (χ1v) is 5.43. The fraction of sp³-hybridized carbons (Fsp3) is 0.364. The maximum Gasteiger partial charge on any atom is 0.164 e. The van der Waals surface area contributed by atoms with E-state index in [9.17, 15) is 9.18 Å². The standard InChI is InChI=1S/C11H12BrFO/c1-2-3-7-10(14)8-5-4-6-9(13)11(8)12/h4-6H,2-3,7H2,1H3. The molecule has 0 amide bonds. The van der Waals surface area contributed by atoms with Gasteiger partial charge in [0.05, 0.1) is 4.47 Å². The molecule has 0 aliphatic rings. The third-order valence-corrected chi connectivity index (χ3v) is 2.82. The third kappa shape index (κ3) is 2.64. The molecule has 1 aromatic rings. The van der Waals surface area contributed by atoms with Gasteiger partial charge in [-0.05, 0) is 28.4 Å². The van der Waals surface area contributed by atoms with E-state index in [0.717, 1.165) is 12.8 Å². The van der Waals surface area contributed by atoms with Crippen molar-refractivity contribution in [3.05, 3.63) is 34.1 Å². The van der Waals surface area contributed by atoms with E-state index in [-0.39, 0.29) is 16.1 Å². The molecule has 0 unspecified atom stereocenters. The maximum absolute atomic E-state index is 13.1. The molecule has 0 radical (unpaired) electrons. The smallest absolute Gasteiger partial charge is 0.164 e. The van der Waals surface area contributed by atoms with E-state index in [4.69, 9.17) is 0 Å². The highest BCUT2D eigenvalue weighted by molar-refractivity contribution is 9.10. The van der Waals surface area contributed by atoms with Crippen LogP contribution in [-0.2, 0) is 0 Å². The number of unbranched alkanes of at least 4 members (excludes halogenated alkanes) is 1. The highest BCUT2D eigenvalue weighted by Crippen LogP contribution is 2.22. The molecule has 0 saturated heterocycles. The molecule has 0 aliphatic heterocycles. The topological polar surface area (TPSA) is 17.1 Å². The Labute approximate surface area is 91.5 Å². The van der Waals surface area contributed by atoms with E-state index in [0.29, 0.717) is 12.0 Å². The molecule has 1 rings (SSSR count). The average molecular weight is 259 g/mol. The lowest BCUT2D eigenvalue weighted by Crippen LogP contribution is -2.00. The Morgan fingerprint density at radius 2 is 2.21 bits per heavy atom. The van der Waals surface area contributed by atoms with Crippen molar-refractivity contribution in [3.63, 3.8) is 0 Å². The number of ketones is 1. The first-order valence-electron chi connectivity index (χ1n) is 4.64. The van der Waals surface area contributed by atoms with Gasteiger partial charge in [0.2, 0.25) is 0 Å². The normalized spacial score (nSPS) is 10.2. The fourth-order valence-electron chi connectivity index (χ4n) is 1.19. The number of carbonyl (C=O) groups excluding carboxylic acids is 1. The lowest BCUT2D eigenvalue weighted by atomic mass is 10.1. The lowest BCUT2D eigenvalue weighted by Gasteiger charge is -2.03. The van der Waals surface area contributed by atoms with E-state index >= 15 is 0 Å². The van der Waals surface area contributed by atoms with Crippen LogP contribution in [0.2, 0.25) is 0 Å². The minimum Gasteiger partial charge on any atom is -0.294 e. The third-order valence-electron chi connectivity index (χ3n) is 2.01. The SMILES string of the molecule is CCCCC(=O)c1cccc(F)c1Br. The quantitative estimate of drug-likeness (QED) is 0.748. The summed E-state index contributed by atoms with van der Waals surface area (Å²) in [5, 5.41) is 0. The summed E-state index contributed by atoms with van der Waals surface area (Å²) in [7, 11) is 0. The van der Waals surface area contributed by atoms with Crippen LogP contribution in [0.3, 0.4) is 0 Å². The second kappa shape index (κ2) is 5.25. The zero-order valence-corrected chi connectivity index (χ0v) is 9.60. The Kier molecular flexibility index (Phi) is 4.26. The number of carbonyl (C=O) groups is 1. The molecule has 0 fully saturated rings. The number of rotatable bonds is 4. The van der Waals surface area contributed by atoms with Crippen molar-refractivity contribution in [3.8, 4) is 0 Å². The number of hydrogen-bond acceptors (Lipinski definition) is 1. The van der Waals surface area contributed by atoms with Gasteiger partial charge in [-0.3, -0.25) is 4.79 Å². The zero-order chi connectivity index (χ0) is 10.6. The number of benzene rings is 1. The minimum absolute atomic E-state index is 0.00164. The van der Waals surface area contributed by atoms with Gasteiger partial charge in [-0.1, -0.05) is 25.5 Å². The molecule has 0 aromatic heterocycles. The van der Waals surface area contributed by atoms with E-state index in [1.807, 2.05) is 6.92 Å². The summed E-state index contributed by atoms with van der Waals surface area (Å²) < 4.78 is 13.3. The Bertz CT molecular complexity index is 336. The first-order chi connectivity index (χ1) is 6.66. The van der Waals surface area contributed by atoms with Crippen molar-refractivity contribution in [2.75, 3.05) is 0 Å². The molecule has 0 bridgehead atoms. The fourth-order valence-corrected chi connectivity index (χ4v) is 1.68. The molecule has 0 N–H and O–H groups in total. The van der Waals surface area contributed by atoms with Crippen molar-refractivity contribution >= 4 is 21.7 Å². The summed E-state index contributed by atoms with van der Waals surface area (Å²) in [6.45, 7) is 2.02. The largest absolute Gasteiger partial charge is 0.294 e. The molecule has 1 nitrogen and oxygen atoms in total. The van der Waals surface area contributed by atoms with Crippen LogP contribution in [0.1, 0.15) is 36.5 Å². The van der Waals surface area contributed by atoms with Gasteiger partial charge in [0, 0.05) is 12.0 Å². The number of halogens is 2. The van der Waals surface area contributed by atoms with Gasteiger partial charge >= 0.3 is 0 Å². The Morgan fingerprint density at radius 3 is 2.86 bits per heavy atom. The van der Waals surface area contributed by atoms with Gasteiger partial charge in [0.25, 0.3) is 0 Å². The Balaban J connectivity index is 2.84. The monoisotopic (exact) mass is 258 g/mol. The predicted molar refractivity (Wildman–Crippen MR) is 58.0 cm³/mol. The van der Waals surface area contributed by atoms with Gasteiger partial charge in [-0.2, -0.15) is 0 Å². The Hall–Kier alpha value is -0.700. The summed E-state index contributed by atoms with van der Waals surface area (Å²) in [4.78, 5) is 11.6. The van der Waals surface area contributed by atoms with Gasteiger partial charge < -0.3 is 0 Å². The molecular formula is C11H12BrFO. The van der Waals surface area contributed by atoms with Gasteiger partial charge in [0.1, 0.15) is 5.82 Å². The van der Waals surface area contributed by atoms with E-state index in [1.54, 1.807) is 12.1 Å². The van der Waals surface area contributed by atoms with Crippen molar-refractivity contribution in [1.29, 1.82) is 0 Å². The van der Waals surface area contributed by atoms with Crippen molar-refractivity contribution < 1.29 is 9.18 Å². The van der Waals surface area contributed by atoms with E-state index in [1.165, 1.54) is 6.07 Å². The van der Waals surface area contributed by atoms with Crippen LogP contribution in [0.15, 0.2) is 22.7 Å². The summed E-state index contributed by atoms with van der Waals surface area (Å²) >= 11 is 3.08. The molecule has 1 aromatic carbocycles. The molecule has 76 valence electrons. The van der Waals surface area contributed by atoms with Crippen LogP contribution in [0, 0.1) is 5.82 Å². The summed E-state index contributed by atoms with van der Waals surface area (Å²) in [6, 6.07) is 4.53. The predicted octanol–water partition coefficient (Wildman–Crippen LogP) is 3.96. The van der Waals surface area contributed by atoms with Crippen LogP contribution < -0.4 is 0 Å². The van der Waals surface area contributed by atoms with Crippen LogP contribution >= 0.6 is 15.9 Å². The summed E-state index contributed by atoms with van der Waals surface area (Å²) in [6.07, 6.45) is 2.30. The highest BCUT2D eigenvalue weighted by atomic mass is 79.9. The van der Waals surface area contributed by atoms with E-state index < -0.39 is 0 Å². The Morgan fingerprint density at radius 1 is 1.50 bits per heavy atom. The molecular weight excluding hydrogens is 247 g/mol. The van der Waals surface area contributed by atoms with Crippen LogP contribution in [0.25, 0.3) is 0 Å². The van der Waals surface area contributed by atoms with Gasteiger partial charge in [-0.15, -0.1) is 0 Å². The van der Waals surface area contributed by atoms with Crippen molar-refractivity contribution in [2.24, 2.45) is 0 Å². The summed E-state index contributed by atoms with van der Waals surface area (Å²) in [5.41, 5.74) is 0.443. The molecule has 0 saturated carbocycles. The van der Waals surface area contributed by atoms with Crippen LogP contribution in [0.4, 0.5) is 4.39 Å². The summed E-state index contributed by atoms with van der Waals surface area (Å²) in [5.74, 6) is -0.384. The van der Waals surface area contributed by atoms with Crippen LogP contribution in [0.5, 0.6) is 0 Å². The van der Waals surface area contributed by atoms with Gasteiger partial charge in [-0.25, -0.2) is 4.39 Å². The molecule has 0 aliphatic carbocycles. The molecule has 0 spiro atoms. The lowest BCUT2D eigenvalue weighted by molar-refractivity contribution is 0.0978. The van der Waals surface area contributed by atoms with Crippen molar-refractivity contribution in [1.82, 2.24) is 0 Å². The van der Waals surface area contributed by atoms with Crippen molar-refractivity contribution in [2.45, 2.75) is 26.2 Å². The maximum atomic E-state index is 13.1. The van der Waals surface area contributed by atoms with Gasteiger partial charge in [0.15, 0.2) is 5.78 Å². The number of hydrogen-bond donors (Lipinski definition) is 0. The minimum atomic E-state index is -0.382. The van der Waals surface area contributed by atoms with E-state index in [2.05, 4.69) is 15.9 Å². The zero-order valence-electron chi connectivity index (χ0n) is 8.02. The molecule has 14 heavy (non-hydrogen) atoms. The molecule has 0 atom stereocenters. The average Bonchev–Trinajstić information content (AvgIpc) is 2.18. The highest BCUT2D eigenvalue weighted by Gasteiger charge is 2.11. The number of Topliss-reactive ketones (excluding diaryl/α,β-unsaturated/α-hetero) is 1. The second-order valence-corrected chi connectivity index (χ2v) is 3.92. The molecule has 0 heterocycles. The molecule has 3 heteroatoms. The second-order valence-electron chi connectivity index (χ2n) is 3.13. The first kappa shape index (κ1) is 11.4.